The van der Waals surface area contributed by atoms with E-state index in [-0.39, 0.29) is 18.3 Å². The summed E-state index contributed by atoms with van der Waals surface area (Å²) in [6.07, 6.45) is 3.77. The monoisotopic (exact) mass is 355 g/mol. The molecule has 1 aromatic rings. The maximum absolute atomic E-state index is 6.05. The van der Waals surface area contributed by atoms with Crippen LogP contribution in [0.4, 0.5) is 0 Å². The minimum Gasteiger partial charge on any atom is -0.400 e. The van der Waals surface area contributed by atoms with E-state index in [4.69, 9.17) is 9.31 Å². The predicted molar refractivity (Wildman–Crippen MR) is 89.8 cm³/mol. The molecule has 0 bridgehead atoms. The van der Waals surface area contributed by atoms with Crippen LogP contribution in [0.15, 0.2) is 28.4 Å². The number of pyridine rings is 1. The van der Waals surface area contributed by atoms with Crippen molar-refractivity contribution in [2.24, 2.45) is 0 Å². The average Bonchev–Trinajstić information content (AvgIpc) is 2.57. The summed E-state index contributed by atoms with van der Waals surface area (Å²) in [5.74, 6) is 0.568. The van der Waals surface area contributed by atoms with E-state index in [1.807, 2.05) is 45.9 Å². The Hall–Kier alpha value is -0.295. The van der Waals surface area contributed by atoms with Crippen molar-refractivity contribution in [3.63, 3.8) is 0 Å². The zero-order valence-electron chi connectivity index (χ0n) is 12.2. The minimum atomic E-state index is -0.371. The van der Waals surface area contributed by atoms with Crippen LogP contribution in [0.5, 0.6) is 0 Å². The molecule has 0 aromatic carbocycles. The lowest BCUT2D eigenvalue weighted by Crippen LogP contribution is -2.41. The quantitative estimate of drug-likeness (QED) is 0.508. The number of nitrogens with zero attached hydrogens (tertiary/aromatic N) is 1. The SMILES string of the molecule is CC1(C)OB(C(=Cc2cccnc2Br)CS)OC1(C)C. The molecule has 0 atom stereocenters. The lowest BCUT2D eigenvalue weighted by Gasteiger charge is -2.32. The zero-order chi connectivity index (χ0) is 15.0. The fourth-order valence-electron chi connectivity index (χ4n) is 1.89. The highest BCUT2D eigenvalue weighted by Gasteiger charge is 2.52. The Morgan fingerprint density at radius 3 is 2.45 bits per heavy atom. The van der Waals surface area contributed by atoms with Gasteiger partial charge in [-0.3, -0.25) is 0 Å². The highest BCUT2D eigenvalue weighted by molar-refractivity contribution is 9.10. The first kappa shape index (κ1) is 16.1. The average molecular weight is 356 g/mol. The summed E-state index contributed by atoms with van der Waals surface area (Å²) >= 11 is 7.85. The first-order valence-electron chi connectivity index (χ1n) is 6.54. The fourth-order valence-corrected chi connectivity index (χ4v) is 2.49. The summed E-state index contributed by atoms with van der Waals surface area (Å²) in [5.41, 5.74) is 1.30. The van der Waals surface area contributed by atoms with Crippen LogP contribution < -0.4 is 0 Å². The molecule has 2 heterocycles. The van der Waals surface area contributed by atoms with Crippen molar-refractivity contribution in [2.75, 3.05) is 5.75 Å². The summed E-state index contributed by atoms with van der Waals surface area (Å²) < 4.78 is 12.9. The van der Waals surface area contributed by atoms with E-state index in [0.717, 1.165) is 15.6 Å². The molecule has 2 rings (SSSR count). The maximum Gasteiger partial charge on any atom is 0.491 e. The summed E-state index contributed by atoms with van der Waals surface area (Å²) in [7, 11) is -0.371. The van der Waals surface area contributed by atoms with E-state index >= 15 is 0 Å². The first-order chi connectivity index (χ1) is 9.27. The second-order valence-corrected chi connectivity index (χ2v) is 6.92. The van der Waals surface area contributed by atoms with Gasteiger partial charge in [0.15, 0.2) is 0 Å². The summed E-state index contributed by atoms with van der Waals surface area (Å²) in [6, 6.07) is 3.89. The van der Waals surface area contributed by atoms with Gasteiger partial charge in [-0.05, 0) is 55.2 Å². The molecule has 0 aliphatic carbocycles. The molecule has 1 aliphatic rings. The molecule has 0 unspecified atom stereocenters. The van der Waals surface area contributed by atoms with Crippen LogP contribution >= 0.6 is 28.6 Å². The molecule has 0 radical (unpaired) electrons. The van der Waals surface area contributed by atoms with Gasteiger partial charge in [-0.1, -0.05) is 12.1 Å². The van der Waals surface area contributed by atoms with E-state index in [1.165, 1.54) is 0 Å². The second-order valence-electron chi connectivity index (χ2n) is 5.85. The van der Waals surface area contributed by atoms with Crippen molar-refractivity contribution in [2.45, 2.75) is 38.9 Å². The topological polar surface area (TPSA) is 31.4 Å². The molecule has 0 saturated carbocycles. The highest BCUT2D eigenvalue weighted by atomic mass is 79.9. The maximum atomic E-state index is 6.05. The molecule has 1 aromatic heterocycles. The molecular formula is C14H19BBrNO2S. The van der Waals surface area contributed by atoms with Gasteiger partial charge in [0.1, 0.15) is 4.60 Å². The summed E-state index contributed by atoms with van der Waals surface area (Å²) in [5, 5.41) is 0. The standard InChI is InChI=1S/C14H19BBrNO2S/c1-13(2)14(3,4)19-15(18-13)11(9-20)8-10-6-5-7-17-12(10)16/h5-8,20H,9H2,1-4H3. The van der Waals surface area contributed by atoms with Crippen LogP contribution in [0.1, 0.15) is 33.3 Å². The Labute approximate surface area is 134 Å². The zero-order valence-corrected chi connectivity index (χ0v) is 14.7. The summed E-state index contributed by atoms with van der Waals surface area (Å²) in [6.45, 7) is 8.18. The molecule has 0 N–H and O–H groups in total. The summed E-state index contributed by atoms with van der Waals surface area (Å²) in [4.78, 5) is 4.22. The minimum absolute atomic E-state index is 0.341. The van der Waals surface area contributed by atoms with Crippen LogP contribution in [0, 0.1) is 0 Å². The van der Waals surface area contributed by atoms with Crippen LogP contribution in [0.25, 0.3) is 6.08 Å². The van der Waals surface area contributed by atoms with E-state index in [9.17, 15) is 0 Å². The van der Waals surface area contributed by atoms with Gasteiger partial charge in [0, 0.05) is 17.5 Å². The van der Waals surface area contributed by atoms with E-state index in [0.29, 0.717) is 5.75 Å². The fraction of sp³-hybridized carbons (Fsp3) is 0.500. The number of thiol groups is 1. The van der Waals surface area contributed by atoms with Gasteiger partial charge >= 0.3 is 7.12 Å². The largest absolute Gasteiger partial charge is 0.491 e. The Bertz CT molecular complexity index is 518. The molecule has 20 heavy (non-hydrogen) atoms. The van der Waals surface area contributed by atoms with Crippen LogP contribution in [0.2, 0.25) is 0 Å². The van der Waals surface area contributed by atoms with Crippen molar-refractivity contribution in [1.82, 2.24) is 4.98 Å². The van der Waals surface area contributed by atoms with Crippen molar-refractivity contribution < 1.29 is 9.31 Å². The molecule has 0 spiro atoms. The highest BCUT2D eigenvalue weighted by Crippen LogP contribution is 2.39. The molecule has 3 nitrogen and oxygen atoms in total. The van der Waals surface area contributed by atoms with E-state index in [1.54, 1.807) is 6.20 Å². The van der Waals surface area contributed by atoms with Gasteiger partial charge in [-0.15, -0.1) is 0 Å². The third-order valence-corrected chi connectivity index (χ3v) is 4.90. The van der Waals surface area contributed by atoms with Crippen molar-refractivity contribution >= 4 is 41.8 Å². The Morgan fingerprint density at radius 2 is 1.95 bits per heavy atom. The van der Waals surface area contributed by atoms with E-state index < -0.39 is 0 Å². The van der Waals surface area contributed by atoms with Gasteiger partial charge in [0.2, 0.25) is 0 Å². The molecule has 6 heteroatoms. The predicted octanol–water partition coefficient (Wildman–Crippen LogP) is 3.79. The van der Waals surface area contributed by atoms with Crippen molar-refractivity contribution in [1.29, 1.82) is 0 Å². The molecule has 108 valence electrons. The lowest BCUT2D eigenvalue weighted by atomic mass is 9.78. The van der Waals surface area contributed by atoms with Crippen LogP contribution in [0.3, 0.4) is 0 Å². The van der Waals surface area contributed by atoms with E-state index in [2.05, 4.69) is 33.5 Å². The second kappa shape index (κ2) is 5.83. The first-order valence-corrected chi connectivity index (χ1v) is 7.97. The molecule has 1 saturated heterocycles. The molecular weight excluding hydrogens is 337 g/mol. The molecule has 0 amide bonds. The van der Waals surface area contributed by atoms with Gasteiger partial charge in [-0.2, -0.15) is 12.6 Å². The van der Waals surface area contributed by atoms with Gasteiger partial charge < -0.3 is 9.31 Å². The Morgan fingerprint density at radius 1 is 1.35 bits per heavy atom. The lowest BCUT2D eigenvalue weighted by molar-refractivity contribution is 0.00578. The third-order valence-electron chi connectivity index (χ3n) is 3.87. The van der Waals surface area contributed by atoms with Crippen LogP contribution in [-0.4, -0.2) is 29.1 Å². The number of aromatic nitrogens is 1. The number of rotatable bonds is 3. The van der Waals surface area contributed by atoms with Crippen molar-refractivity contribution in [3.05, 3.63) is 34.0 Å². The number of halogens is 1. The van der Waals surface area contributed by atoms with Gasteiger partial charge in [0.05, 0.1) is 11.2 Å². The molecule has 1 fully saturated rings. The van der Waals surface area contributed by atoms with Gasteiger partial charge in [-0.25, -0.2) is 4.98 Å². The number of hydrogen-bond acceptors (Lipinski definition) is 4. The molecule has 1 aliphatic heterocycles. The normalized spacial score (nSPS) is 21.3. The Kier molecular flexibility index (Phi) is 4.69. The van der Waals surface area contributed by atoms with Gasteiger partial charge in [0.25, 0.3) is 0 Å². The van der Waals surface area contributed by atoms with Crippen molar-refractivity contribution in [3.8, 4) is 0 Å². The van der Waals surface area contributed by atoms with Crippen LogP contribution in [-0.2, 0) is 9.31 Å². The Balaban J connectivity index is 2.29. The number of hydrogen-bond donors (Lipinski definition) is 1. The smallest absolute Gasteiger partial charge is 0.400 e. The third kappa shape index (κ3) is 3.13.